The third kappa shape index (κ3) is 7.73. The smallest absolute Gasteiger partial charge is 0.119 e. The Balaban J connectivity index is 2.04. The number of benzene rings is 1. The van der Waals surface area contributed by atoms with Gasteiger partial charge in [0.15, 0.2) is 0 Å². The highest BCUT2D eigenvalue weighted by molar-refractivity contribution is 6.32. The van der Waals surface area contributed by atoms with E-state index in [0.717, 1.165) is 48.0 Å². The van der Waals surface area contributed by atoms with Crippen LogP contribution in [-0.2, 0) is 0 Å². The summed E-state index contributed by atoms with van der Waals surface area (Å²) < 4.78 is 5.81. The molecule has 21 heavy (non-hydrogen) atoms. The molecule has 0 spiro atoms. The molecule has 2 nitrogen and oxygen atoms in total. The van der Waals surface area contributed by atoms with Crippen LogP contribution in [0.25, 0.3) is 0 Å². The second-order valence-electron chi connectivity index (χ2n) is 5.74. The van der Waals surface area contributed by atoms with Gasteiger partial charge in [0.2, 0.25) is 0 Å². The topological polar surface area (TPSA) is 21.3 Å². The Morgan fingerprint density at radius 3 is 2.24 bits per heavy atom. The number of ether oxygens (including phenoxy) is 1. The molecule has 1 aromatic rings. The zero-order valence-corrected chi connectivity index (χ0v) is 14.6. The van der Waals surface area contributed by atoms with E-state index in [2.05, 4.69) is 12.2 Å². The maximum absolute atomic E-state index is 6.15. The Morgan fingerprint density at radius 2 is 1.57 bits per heavy atom. The van der Waals surface area contributed by atoms with Crippen LogP contribution in [0.15, 0.2) is 12.1 Å². The van der Waals surface area contributed by atoms with Crippen molar-refractivity contribution in [3.8, 4) is 5.75 Å². The average molecular weight is 312 g/mol. The lowest BCUT2D eigenvalue weighted by molar-refractivity contribution is 0.304. The van der Waals surface area contributed by atoms with Crippen molar-refractivity contribution in [1.82, 2.24) is 5.32 Å². The van der Waals surface area contributed by atoms with Gasteiger partial charge in [0, 0.05) is 5.02 Å². The Bertz CT molecular complexity index is 383. The molecular formula is C18H30ClNO. The van der Waals surface area contributed by atoms with E-state index < -0.39 is 0 Å². The van der Waals surface area contributed by atoms with Crippen LogP contribution in [0.2, 0.25) is 5.02 Å². The van der Waals surface area contributed by atoms with Crippen LogP contribution in [0.1, 0.15) is 56.6 Å². The summed E-state index contributed by atoms with van der Waals surface area (Å²) >= 11 is 6.15. The predicted molar refractivity (Wildman–Crippen MR) is 92.7 cm³/mol. The molecule has 0 saturated carbocycles. The highest BCUT2D eigenvalue weighted by Gasteiger charge is 2.03. The van der Waals surface area contributed by atoms with Crippen molar-refractivity contribution in [2.24, 2.45) is 0 Å². The van der Waals surface area contributed by atoms with E-state index >= 15 is 0 Å². The van der Waals surface area contributed by atoms with E-state index in [-0.39, 0.29) is 0 Å². The van der Waals surface area contributed by atoms with Crippen LogP contribution in [0, 0.1) is 13.8 Å². The highest BCUT2D eigenvalue weighted by Crippen LogP contribution is 2.25. The van der Waals surface area contributed by atoms with Crippen molar-refractivity contribution in [3.63, 3.8) is 0 Å². The van der Waals surface area contributed by atoms with Gasteiger partial charge < -0.3 is 10.1 Å². The number of aryl methyl sites for hydroxylation is 2. The van der Waals surface area contributed by atoms with Crippen molar-refractivity contribution in [2.45, 2.75) is 59.3 Å². The standard InChI is InChI=1S/C18H30ClNO/c1-4-5-10-20-11-8-6-7-9-12-21-17-13-15(2)18(19)16(3)14-17/h13-14,20H,4-12H2,1-3H3. The molecule has 0 bridgehead atoms. The van der Waals surface area contributed by atoms with Gasteiger partial charge in [0.25, 0.3) is 0 Å². The van der Waals surface area contributed by atoms with E-state index in [0.29, 0.717) is 0 Å². The molecule has 0 fully saturated rings. The van der Waals surface area contributed by atoms with Gasteiger partial charge in [0.05, 0.1) is 6.61 Å². The minimum Gasteiger partial charge on any atom is -0.494 e. The van der Waals surface area contributed by atoms with Gasteiger partial charge in [-0.15, -0.1) is 0 Å². The number of rotatable bonds is 11. The lowest BCUT2D eigenvalue weighted by atomic mass is 10.1. The maximum atomic E-state index is 6.15. The number of unbranched alkanes of at least 4 members (excludes halogenated alkanes) is 4. The molecule has 1 N–H and O–H groups in total. The van der Waals surface area contributed by atoms with Crippen molar-refractivity contribution < 1.29 is 4.74 Å². The molecule has 0 unspecified atom stereocenters. The van der Waals surface area contributed by atoms with Gasteiger partial charge in [-0.25, -0.2) is 0 Å². The zero-order chi connectivity index (χ0) is 15.5. The van der Waals surface area contributed by atoms with Crippen LogP contribution in [0.4, 0.5) is 0 Å². The first kappa shape index (κ1) is 18.3. The minimum atomic E-state index is 0.795. The van der Waals surface area contributed by atoms with Gasteiger partial charge in [-0.1, -0.05) is 37.8 Å². The lowest BCUT2D eigenvalue weighted by Gasteiger charge is -2.10. The summed E-state index contributed by atoms with van der Waals surface area (Å²) in [5.74, 6) is 0.940. The normalized spacial score (nSPS) is 10.9. The fourth-order valence-corrected chi connectivity index (χ4v) is 2.42. The van der Waals surface area contributed by atoms with Crippen molar-refractivity contribution in [3.05, 3.63) is 28.3 Å². The average Bonchev–Trinajstić information content (AvgIpc) is 2.46. The quantitative estimate of drug-likeness (QED) is 0.561. The van der Waals surface area contributed by atoms with E-state index in [1.165, 1.54) is 32.1 Å². The number of hydrogen-bond donors (Lipinski definition) is 1. The number of halogens is 1. The van der Waals surface area contributed by atoms with Crippen molar-refractivity contribution in [2.75, 3.05) is 19.7 Å². The molecule has 0 atom stereocenters. The lowest BCUT2D eigenvalue weighted by Crippen LogP contribution is -2.16. The monoisotopic (exact) mass is 311 g/mol. The van der Waals surface area contributed by atoms with Crippen LogP contribution >= 0.6 is 11.6 Å². The molecule has 1 aromatic carbocycles. The maximum Gasteiger partial charge on any atom is 0.119 e. The Kier molecular flexibility index (Phi) is 9.53. The Hall–Kier alpha value is -0.730. The summed E-state index contributed by atoms with van der Waals surface area (Å²) in [5, 5.41) is 4.32. The number of nitrogens with one attached hydrogen (secondary N) is 1. The van der Waals surface area contributed by atoms with Crippen LogP contribution in [0.3, 0.4) is 0 Å². The largest absolute Gasteiger partial charge is 0.494 e. The molecule has 0 aliphatic carbocycles. The second kappa shape index (κ2) is 10.9. The summed E-state index contributed by atoms with van der Waals surface area (Å²) in [6, 6.07) is 4.04. The minimum absolute atomic E-state index is 0.795. The van der Waals surface area contributed by atoms with Crippen molar-refractivity contribution in [1.29, 1.82) is 0 Å². The van der Waals surface area contributed by atoms with Gasteiger partial charge in [0.1, 0.15) is 5.75 Å². The van der Waals surface area contributed by atoms with Crippen LogP contribution in [0.5, 0.6) is 5.75 Å². The molecule has 0 saturated heterocycles. The molecular weight excluding hydrogens is 282 g/mol. The summed E-state index contributed by atoms with van der Waals surface area (Å²) in [6.45, 7) is 9.38. The van der Waals surface area contributed by atoms with Gasteiger partial charge in [-0.2, -0.15) is 0 Å². The highest BCUT2D eigenvalue weighted by atomic mass is 35.5. The molecule has 0 radical (unpaired) electrons. The molecule has 0 aliphatic rings. The van der Waals surface area contributed by atoms with E-state index in [9.17, 15) is 0 Å². The SMILES string of the molecule is CCCCNCCCCCCOc1cc(C)c(Cl)c(C)c1. The first-order chi connectivity index (χ1) is 10.1. The fourth-order valence-electron chi connectivity index (χ4n) is 2.31. The predicted octanol–water partition coefficient (Wildman–Crippen LogP) is 5.29. The van der Waals surface area contributed by atoms with E-state index in [1.54, 1.807) is 0 Å². The Labute approximate surface area is 135 Å². The Morgan fingerprint density at radius 1 is 0.952 bits per heavy atom. The summed E-state index contributed by atoms with van der Waals surface area (Å²) in [6.07, 6.45) is 7.46. The number of hydrogen-bond acceptors (Lipinski definition) is 2. The van der Waals surface area contributed by atoms with Crippen LogP contribution < -0.4 is 10.1 Å². The van der Waals surface area contributed by atoms with E-state index in [1.807, 2.05) is 26.0 Å². The third-order valence-corrected chi connectivity index (χ3v) is 4.23. The van der Waals surface area contributed by atoms with Crippen molar-refractivity contribution >= 4 is 11.6 Å². The van der Waals surface area contributed by atoms with Gasteiger partial charge >= 0.3 is 0 Å². The van der Waals surface area contributed by atoms with Gasteiger partial charge in [-0.3, -0.25) is 0 Å². The second-order valence-corrected chi connectivity index (χ2v) is 6.12. The fraction of sp³-hybridized carbons (Fsp3) is 0.667. The molecule has 120 valence electrons. The first-order valence-corrected chi connectivity index (χ1v) is 8.63. The molecule has 0 amide bonds. The van der Waals surface area contributed by atoms with Crippen LogP contribution in [-0.4, -0.2) is 19.7 Å². The molecule has 0 aliphatic heterocycles. The summed E-state index contributed by atoms with van der Waals surface area (Å²) in [4.78, 5) is 0. The molecule has 0 aromatic heterocycles. The van der Waals surface area contributed by atoms with Gasteiger partial charge in [-0.05, 0) is 69.5 Å². The molecule has 1 rings (SSSR count). The zero-order valence-electron chi connectivity index (χ0n) is 13.8. The summed E-state index contributed by atoms with van der Waals surface area (Å²) in [7, 11) is 0. The summed E-state index contributed by atoms with van der Waals surface area (Å²) in [5.41, 5.74) is 2.18. The molecule has 3 heteroatoms. The third-order valence-electron chi connectivity index (χ3n) is 3.63. The van der Waals surface area contributed by atoms with E-state index in [4.69, 9.17) is 16.3 Å². The first-order valence-electron chi connectivity index (χ1n) is 8.25. The molecule has 0 heterocycles.